The summed E-state index contributed by atoms with van der Waals surface area (Å²) in [5.41, 5.74) is 2.81. The largest absolute Gasteiger partial charge is 0.368 e. The zero-order chi connectivity index (χ0) is 19.5. The molecule has 8 heteroatoms. The van der Waals surface area contributed by atoms with Gasteiger partial charge in [-0.3, -0.25) is 9.48 Å². The quantitative estimate of drug-likeness (QED) is 0.693. The third kappa shape index (κ3) is 4.22. The molecule has 1 saturated heterocycles. The molecule has 1 aliphatic heterocycles. The molecule has 0 spiro atoms. The van der Waals surface area contributed by atoms with Crippen molar-refractivity contribution in [3.63, 3.8) is 0 Å². The summed E-state index contributed by atoms with van der Waals surface area (Å²) in [4.78, 5) is 16.0. The highest BCUT2D eigenvalue weighted by atomic mass is 32.1. The lowest BCUT2D eigenvalue weighted by molar-refractivity contribution is 0.0941. The van der Waals surface area contributed by atoms with Crippen molar-refractivity contribution in [3.05, 3.63) is 47.9 Å². The second-order valence-corrected chi connectivity index (χ2v) is 8.46. The number of amides is 1. The van der Waals surface area contributed by atoms with Gasteiger partial charge in [-0.2, -0.15) is 15.3 Å². The predicted molar refractivity (Wildman–Crippen MR) is 110 cm³/mol. The van der Waals surface area contributed by atoms with Crippen LogP contribution in [-0.4, -0.2) is 45.0 Å². The minimum Gasteiger partial charge on any atom is -0.368 e. The highest BCUT2D eigenvalue weighted by molar-refractivity contribution is 7.13. The maximum absolute atomic E-state index is 12.7. The van der Waals surface area contributed by atoms with Crippen LogP contribution >= 0.6 is 11.3 Å². The van der Waals surface area contributed by atoms with Crippen molar-refractivity contribution < 1.29 is 4.79 Å². The highest BCUT2D eigenvalue weighted by Crippen LogP contribution is 2.27. The molecule has 1 aliphatic rings. The van der Waals surface area contributed by atoms with Gasteiger partial charge in [-0.15, -0.1) is 11.3 Å². The van der Waals surface area contributed by atoms with Gasteiger partial charge in [0.1, 0.15) is 0 Å². The van der Waals surface area contributed by atoms with E-state index in [-0.39, 0.29) is 11.9 Å². The van der Waals surface area contributed by atoms with Crippen LogP contribution < -0.4 is 10.2 Å². The van der Waals surface area contributed by atoms with Crippen LogP contribution in [0.1, 0.15) is 30.6 Å². The third-order valence-corrected chi connectivity index (χ3v) is 5.77. The monoisotopic (exact) mass is 396 g/mol. The summed E-state index contributed by atoms with van der Waals surface area (Å²) in [6.45, 7) is 6.93. The zero-order valence-electron chi connectivity index (χ0n) is 16.1. The van der Waals surface area contributed by atoms with Gasteiger partial charge in [0.15, 0.2) is 0 Å². The molecule has 1 atom stereocenters. The Morgan fingerprint density at radius 3 is 3.04 bits per heavy atom. The number of nitrogens with one attached hydrogen (secondary N) is 1. The van der Waals surface area contributed by atoms with Gasteiger partial charge in [0, 0.05) is 47.7 Å². The first-order valence-corrected chi connectivity index (χ1v) is 10.4. The Labute approximate surface area is 168 Å². The van der Waals surface area contributed by atoms with E-state index in [0.717, 1.165) is 42.2 Å². The van der Waals surface area contributed by atoms with Crippen LogP contribution in [0.25, 0.3) is 10.4 Å². The van der Waals surface area contributed by atoms with Crippen molar-refractivity contribution in [2.45, 2.75) is 32.9 Å². The number of hydrogen-bond donors (Lipinski definition) is 1. The Morgan fingerprint density at radius 2 is 2.25 bits per heavy atom. The van der Waals surface area contributed by atoms with Crippen molar-refractivity contribution in [1.82, 2.24) is 25.3 Å². The number of carbonyl (C=O) groups excluding carboxylic acids is 1. The van der Waals surface area contributed by atoms with Crippen molar-refractivity contribution in [1.29, 1.82) is 0 Å². The summed E-state index contributed by atoms with van der Waals surface area (Å²) < 4.78 is 1.96. The van der Waals surface area contributed by atoms with Gasteiger partial charge in [0.25, 0.3) is 5.91 Å². The lowest BCUT2D eigenvalue weighted by Gasteiger charge is -2.18. The van der Waals surface area contributed by atoms with E-state index in [9.17, 15) is 4.79 Å². The number of aromatic nitrogens is 4. The van der Waals surface area contributed by atoms with E-state index in [1.807, 2.05) is 34.6 Å². The van der Waals surface area contributed by atoms with E-state index in [1.54, 1.807) is 23.7 Å². The smallest absolute Gasteiger partial charge is 0.252 e. The highest BCUT2D eigenvalue weighted by Gasteiger charge is 2.25. The number of carbonyl (C=O) groups is 1. The standard InChI is InChI=1S/C20H24N6OS/c1-14(2)10-26-11-16(8-23-26)19-7-15(13-28-19)20(27)24-17-4-6-25(12-17)18-3-5-21-22-9-18/h3,5,7-9,11,13-14,17H,4,6,10,12H2,1-2H3,(H,24,27)/t17-/m1/s1. The van der Waals surface area contributed by atoms with Crippen molar-refractivity contribution >= 4 is 22.9 Å². The second kappa shape index (κ2) is 8.10. The minimum absolute atomic E-state index is 0.0169. The summed E-state index contributed by atoms with van der Waals surface area (Å²) in [5.74, 6) is 0.531. The molecule has 0 aliphatic carbocycles. The Bertz CT molecular complexity index is 935. The first-order valence-electron chi connectivity index (χ1n) is 9.52. The number of rotatable bonds is 6. The lowest BCUT2D eigenvalue weighted by atomic mass is 10.2. The predicted octanol–water partition coefficient (Wildman–Crippen LogP) is 3.07. The number of hydrogen-bond acceptors (Lipinski definition) is 6. The average molecular weight is 397 g/mol. The van der Waals surface area contributed by atoms with E-state index in [4.69, 9.17) is 0 Å². The first kappa shape index (κ1) is 18.6. The normalized spacial score (nSPS) is 16.7. The average Bonchev–Trinajstić information content (AvgIpc) is 3.42. The topological polar surface area (TPSA) is 75.9 Å². The Morgan fingerprint density at radius 1 is 1.36 bits per heavy atom. The summed E-state index contributed by atoms with van der Waals surface area (Å²) in [5, 5.41) is 17.2. The fourth-order valence-electron chi connectivity index (χ4n) is 3.42. The third-order valence-electron chi connectivity index (χ3n) is 4.79. The van der Waals surface area contributed by atoms with Crippen molar-refractivity contribution in [3.8, 4) is 10.4 Å². The molecule has 1 N–H and O–H groups in total. The van der Waals surface area contributed by atoms with Gasteiger partial charge >= 0.3 is 0 Å². The Kier molecular flexibility index (Phi) is 5.38. The van der Waals surface area contributed by atoms with Crippen molar-refractivity contribution in [2.24, 2.45) is 5.92 Å². The number of nitrogens with zero attached hydrogens (tertiary/aromatic N) is 5. The maximum atomic E-state index is 12.7. The lowest BCUT2D eigenvalue weighted by Crippen LogP contribution is -2.36. The van der Waals surface area contributed by atoms with Gasteiger partial charge in [0.05, 0.1) is 29.8 Å². The van der Waals surface area contributed by atoms with Crippen LogP contribution in [0.4, 0.5) is 5.69 Å². The SMILES string of the molecule is CC(C)Cn1cc(-c2cc(C(=O)N[C@@H]3CCN(c4ccnnc4)C3)cs2)cn1. The molecule has 0 saturated carbocycles. The molecule has 7 nitrogen and oxygen atoms in total. The van der Waals surface area contributed by atoms with E-state index >= 15 is 0 Å². The van der Waals surface area contributed by atoms with Gasteiger partial charge in [-0.1, -0.05) is 13.8 Å². The maximum Gasteiger partial charge on any atom is 0.252 e. The molecule has 1 amide bonds. The Hall–Kier alpha value is -2.74. The van der Waals surface area contributed by atoms with Crippen molar-refractivity contribution in [2.75, 3.05) is 18.0 Å². The molecular weight excluding hydrogens is 372 g/mol. The molecule has 4 rings (SSSR count). The summed E-state index contributed by atoms with van der Waals surface area (Å²) >= 11 is 1.58. The molecule has 1 fully saturated rings. The molecule has 0 aromatic carbocycles. The molecule has 146 valence electrons. The fourth-order valence-corrected chi connectivity index (χ4v) is 4.29. The molecular formula is C20H24N6OS. The van der Waals surface area contributed by atoms with Crippen LogP contribution in [0.15, 0.2) is 42.3 Å². The second-order valence-electron chi connectivity index (χ2n) is 7.55. The summed E-state index contributed by atoms with van der Waals surface area (Å²) in [6.07, 6.45) is 8.29. The number of anilines is 1. The van der Waals surface area contributed by atoms with Crippen LogP contribution in [0.5, 0.6) is 0 Å². The van der Waals surface area contributed by atoms with E-state index < -0.39 is 0 Å². The van der Waals surface area contributed by atoms with Crippen LogP contribution in [0.2, 0.25) is 0 Å². The number of thiophene rings is 1. The first-order chi connectivity index (χ1) is 13.6. The molecule has 28 heavy (non-hydrogen) atoms. The molecule has 0 unspecified atom stereocenters. The fraction of sp³-hybridized carbons (Fsp3) is 0.400. The van der Waals surface area contributed by atoms with Crippen LogP contribution in [-0.2, 0) is 6.54 Å². The Balaban J connectivity index is 1.36. The van der Waals surface area contributed by atoms with Gasteiger partial charge in [0.2, 0.25) is 0 Å². The van der Waals surface area contributed by atoms with Gasteiger partial charge < -0.3 is 10.2 Å². The van der Waals surface area contributed by atoms with E-state index in [0.29, 0.717) is 11.5 Å². The zero-order valence-corrected chi connectivity index (χ0v) is 16.9. The van der Waals surface area contributed by atoms with Gasteiger partial charge in [-0.05, 0) is 24.5 Å². The molecule has 3 aromatic heterocycles. The molecule has 0 radical (unpaired) electrons. The summed E-state index contributed by atoms with van der Waals surface area (Å²) in [7, 11) is 0. The minimum atomic E-state index is -0.0169. The van der Waals surface area contributed by atoms with E-state index in [2.05, 4.69) is 39.4 Å². The molecule has 3 aromatic rings. The van der Waals surface area contributed by atoms with E-state index in [1.165, 1.54) is 0 Å². The van der Waals surface area contributed by atoms with Crippen LogP contribution in [0, 0.1) is 5.92 Å². The summed E-state index contributed by atoms with van der Waals surface area (Å²) in [6, 6.07) is 4.04. The molecule has 4 heterocycles. The van der Waals surface area contributed by atoms with Crippen LogP contribution in [0.3, 0.4) is 0 Å². The molecule has 0 bridgehead atoms. The van der Waals surface area contributed by atoms with Gasteiger partial charge in [-0.25, -0.2) is 0 Å².